The van der Waals surface area contributed by atoms with E-state index in [2.05, 4.69) is 0 Å². The summed E-state index contributed by atoms with van der Waals surface area (Å²) in [7, 11) is 1.78. The van der Waals surface area contributed by atoms with Crippen molar-refractivity contribution in [2.24, 2.45) is 0 Å². The van der Waals surface area contributed by atoms with Crippen LogP contribution in [0, 0.1) is 6.92 Å². The van der Waals surface area contributed by atoms with E-state index in [4.69, 9.17) is 0 Å². The highest BCUT2D eigenvalue weighted by molar-refractivity contribution is 5.94. The highest BCUT2D eigenvalue weighted by Gasteiger charge is 2.12. The van der Waals surface area contributed by atoms with Gasteiger partial charge in [-0.3, -0.25) is 4.79 Å². The van der Waals surface area contributed by atoms with E-state index in [1.54, 1.807) is 37.1 Å². The van der Waals surface area contributed by atoms with Gasteiger partial charge in [-0.15, -0.1) is 0 Å². The lowest BCUT2D eigenvalue weighted by molar-refractivity contribution is 0.0785. The van der Waals surface area contributed by atoms with Crippen molar-refractivity contribution in [1.29, 1.82) is 0 Å². The van der Waals surface area contributed by atoms with Crippen molar-refractivity contribution in [3.63, 3.8) is 0 Å². The first-order valence-electron chi connectivity index (χ1n) is 6.17. The molecule has 0 heterocycles. The van der Waals surface area contributed by atoms with Crippen LogP contribution in [0.15, 0.2) is 48.5 Å². The molecule has 0 aliphatic rings. The lowest BCUT2D eigenvalue weighted by Gasteiger charge is -2.17. The van der Waals surface area contributed by atoms with Crippen LogP contribution in [0.25, 0.3) is 0 Å². The van der Waals surface area contributed by atoms with Crippen LogP contribution in [-0.4, -0.2) is 23.0 Å². The zero-order valence-corrected chi connectivity index (χ0v) is 11.1. The minimum Gasteiger partial charge on any atom is -0.508 e. The zero-order chi connectivity index (χ0) is 13.8. The largest absolute Gasteiger partial charge is 0.508 e. The summed E-state index contributed by atoms with van der Waals surface area (Å²) in [6.45, 7) is 2.35. The number of phenols is 1. The van der Waals surface area contributed by atoms with Gasteiger partial charge in [0.15, 0.2) is 0 Å². The lowest BCUT2D eigenvalue weighted by atomic mass is 10.1. The van der Waals surface area contributed by atoms with Gasteiger partial charge in [-0.2, -0.15) is 0 Å². The Morgan fingerprint density at radius 3 is 2.47 bits per heavy atom. The molecular weight excluding hydrogens is 238 g/mol. The van der Waals surface area contributed by atoms with Gasteiger partial charge in [-0.1, -0.05) is 30.3 Å². The molecule has 0 saturated heterocycles. The smallest absolute Gasteiger partial charge is 0.253 e. The topological polar surface area (TPSA) is 40.5 Å². The van der Waals surface area contributed by atoms with Gasteiger partial charge >= 0.3 is 0 Å². The number of aromatic hydroxyl groups is 1. The van der Waals surface area contributed by atoms with Crippen molar-refractivity contribution in [3.8, 4) is 5.75 Å². The van der Waals surface area contributed by atoms with Crippen LogP contribution in [0.3, 0.4) is 0 Å². The first-order chi connectivity index (χ1) is 9.08. The fraction of sp³-hybridized carbons (Fsp3) is 0.188. The molecule has 0 atom stereocenters. The van der Waals surface area contributed by atoms with E-state index in [1.165, 1.54) is 0 Å². The summed E-state index contributed by atoms with van der Waals surface area (Å²) in [5, 5.41) is 9.47. The fourth-order valence-corrected chi connectivity index (χ4v) is 1.94. The molecule has 3 nitrogen and oxygen atoms in total. The molecule has 0 spiro atoms. The van der Waals surface area contributed by atoms with E-state index in [0.29, 0.717) is 17.7 Å². The molecule has 0 unspecified atom stereocenters. The van der Waals surface area contributed by atoms with Crippen molar-refractivity contribution in [3.05, 3.63) is 65.2 Å². The van der Waals surface area contributed by atoms with Gasteiger partial charge in [0.1, 0.15) is 5.75 Å². The highest BCUT2D eigenvalue weighted by atomic mass is 16.3. The maximum absolute atomic E-state index is 12.3. The van der Waals surface area contributed by atoms with Crippen molar-refractivity contribution >= 4 is 5.91 Å². The number of carbonyl (C=O) groups excluding carboxylic acids is 1. The average Bonchev–Trinajstić information content (AvgIpc) is 2.42. The normalized spacial score (nSPS) is 10.2. The first-order valence-corrected chi connectivity index (χ1v) is 6.17. The summed E-state index contributed by atoms with van der Waals surface area (Å²) in [6, 6.07) is 14.8. The minimum atomic E-state index is -0.0491. The van der Waals surface area contributed by atoms with E-state index in [9.17, 15) is 9.90 Å². The highest BCUT2D eigenvalue weighted by Crippen LogP contribution is 2.18. The molecule has 1 amide bonds. The molecule has 98 valence electrons. The van der Waals surface area contributed by atoms with Gasteiger partial charge in [0.05, 0.1) is 0 Å². The van der Waals surface area contributed by atoms with Crippen LogP contribution in [0.5, 0.6) is 5.75 Å². The Hall–Kier alpha value is -2.29. The Morgan fingerprint density at radius 2 is 1.84 bits per heavy atom. The van der Waals surface area contributed by atoms with E-state index in [1.807, 2.05) is 30.3 Å². The molecule has 2 rings (SSSR count). The fourth-order valence-electron chi connectivity index (χ4n) is 1.94. The summed E-state index contributed by atoms with van der Waals surface area (Å²) in [5.74, 6) is 0.161. The molecular formula is C16H17NO2. The van der Waals surface area contributed by atoms with E-state index in [0.717, 1.165) is 5.56 Å². The van der Waals surface area contributed by atoms with Gasteiger partial charge in [-0.05, 0) is 36.2 Å². The summed E-state index contributed by atoms with van der Waals surface area (Å²) in [6.07, 6.45) is 0. The van der Waals surface area contributed by atoms with Crippen LogP contribution < -0.4 is 0 Å². The molecule has 0 radical (unpaired) electrons. The molecule has 2 aromatic carbocycles. The number of rotatable bonds is 3. The number of amides is 1. The summed E-state index contributed by atoms with van der Waals surface area (Å²) in [4.78, 5) is 13.9. The molecule has 0 aromatic heterocycles. The van der Waals surface area contributed by atoms with Crippen LogP contribution in [0.4, 0.5) is 0 Å². The van der Waals surface area contributed by atoms with Crippen LogP contribution in [0.2, 0.25) is 0 Å². The van der Waals surface area contributed by atoms with Gasteiger partial charge in [0, 0.05) is 19.2 Å². The molecule has 0 aliphatic heterocycles. The van der Waals surface area contributed by atoms with Crippen LogP contribution in [0.1, 0.15) is 21.5 Å². The van der Waals surface area contributed by atoms with Crippen LogP contribution >= 0.6 is 0 Å². The second kappa shape index (κ2) is 5.57. The summed E-state index contributed by atoms with van der Waals surface area (Å²) in [5.41, 5.74) is 2.39. The molecule has 0 fully saturated rings. The quantitative estimate of drug-likeness (QED) is 0.916. The Kier molecular flexibility index (Phi) is 3.85. The number of hydrogen-bond acceptors (Lipinski definition) is 2. The third-order valence-electron chi connectivity index (χ3n) is 3.05. The monoisotopic (exact) mass is 255 g/mol. The van der Waals surface area contributed by atoms with Crippen molar-refractivity contribution in [2.45, 2.75) is 13.5 Å². The molecule has 19 heavy (non-hydrogen) atoms. The SMILES string of the molecule is Cc1cc(C(=O)N(C)Cc2ccccc2)ccc1O. The second-order valence-electron chi connectivity index (χ2n) is 4.65. The predicted octanol–water partition coefficient (Wildman–Crippen LogP) is 2.97. The minimum absolute atomic E-state index is 0.0491. The van der Waals surface area contributed by atoms with Gasteiger partial charge in [-0.25, -0.2) is 0 Å². The molecule has 0 bridgehead atoms. The number of nitrogens with zero attached hydrogens (tertiary/aromatic N) is 1. The standard InChI is InChI=1S/C16H17NO2/c1-12-10-14(8-9-15(12)18)16(19)17(2)11-13-6-4-3-5-7-13/h3-10,18H,11H2,1-2H3. The second-order valence-corrected chi connectivity index (χ2v) is 4.65. The number of carbonyl (C=O) groups is 1. The molecule has 0 saturated carbocycles. The third-order valence-corrected chi connectivity index (χ3v) is 3.05. The Bertz CT molecular complexity index is 579. The average molecular weight is 255 g/mol. The predicted molar refractivity (Wildman–Crippen MR) is 75.1 cm³/mol. The lowest BCUT2D eigenvalue weighted by Crippen LogP contribution is -2.26. The van der Waals surface area contributed by atoms with Gasteiger partial charge in [0.2, 0.25) is 0 Å². The molecule has 1 N–H and O–H groups in total. The molecule has 2 aromatic rings. The Labute approximate surface area is 113 Å². The van der Waals surface area contributed by atoms with Gasteiger partial charge < -0.3 is 10.0 Å². The van der Waals surface area contributed by atoms with E-state index in [-0.39, 0.29) is 11.7 Å². The Balaban J connectivity index is 2.12. The number of benzene rings is 2. The van der Waals surface area contributed by atoms with Gasteiger partial charge in [0.25, 0.3) is 5.91 Å². The van der Waals surface area contributed by atoms with E-state index < -0.39 is 0 Å². The number of hydrogen-bond donors (Lipinski definition) is 1. The maximum atomic E-state index is 12.3. The first kappa shape index (κ1) is 13.1. The zero-order valence-electron chi connectivity index (χ0n) is 11.1. The van der Waals surface area contributed by atoms with Crippen molar-refractivity contribution in [2.75, 3.05) is 7.05 Å². The van der Waals surface area contributed by atoms with Crippen molar-refractivity contribution in [1.82, 2.24) is 4.90 Å². The third kappa shape index (κ3) is 3.13. The van der Waals surface area contributed by atoms with E-state index >= 15 is 0 Å². The summed E-state index contributed by atoms with van der Waals surface area (Å²) >= 11 is 0. The number of aryl methyl sites for hydroxylation is 1. The van der Waals surface area contributed by atoms with Crippen molar-refractivity contribution < 1.29 is 9.90 Å². The molecule has 0 aliphatic carbocycles. The summed E-state index contributed by atoms with van der Waals surface area (Å²) < 4.78 is 0. The number of phenolic OH excluding ortho intramolecular Hbond substituents is 1. The van der Waals surface area contributed by atoms with Crippen LogP contribution in [-0.2, 0) is 6.54 Å². The maximum Gasteiger partial charge on any atom is 0.253 e. The Morgan fingerprint density at radius 1 is 1.16 bits per heavy atom. The molecule has 3 heteroatoms.